The second-order valence-electron chi connectivity index (χ2n) is 7.81. The Morgan fingerprint density at radius 2 is 2.08 bits per heavy atom. The van der Waals surface area contributed by atoms with E-state index in [-0.39, 0.29) is 24.3 Å². The molecule has 2 atom stereocenters. The lowest BCUT2D eigenvalue weighted by atomic mass is 9.90. The molecule has 0 aromatic carbocycles. The van der Waals surface area contributed by atoms with Gasteiger partial charge in [0.05, 0.1) is 18.7 Å². The predicted molar refractivity (Wildman–Crippen MR) is 90.0 cm³/mol. The second kappa shape index (κ2) is 6.97. The van der Waals surface area contributed by atoms with Crippen LogP contribution < -0.4 is 5.32 Å². The Morgan fingerprint density at radius 3 is 2.67 bits per heavy atom. The van der Waals surface area contributed by atoms with E-state index < -0.39 is 11.0 Å². The van der Waals surface area contributed by atoms with E-state index in [0.29, 0.717) is 18.8 Å². The van der Waals surface area contributed by atoms with Crippen molar-refractivity contribution in [3.05, 3.63) is 24.2 Å². The summed E-state index contributed by atoms with van der Waals surface area (Å²) in [6.07, 6.45) is 3.06. The standard InChI is InChI=1S/C18H28N2O4/c1-17(2,3)16(22)20-9-5-7-13(11-20)15(21)19-12-18(4,23)14-8-6-10-24-14/h6,8,10,13,23H,5,7,9,11-12H2,1-4H3,(H,19,21). The average Bonchev–Trinajstić information content (AvgIpc) is 3.06. The second-order valence-corrected chi connectivity index (χ2v) is 7.81. The molecule has 2 heterocycles. The molecule has 0 bridgehead atoms. The van der Waals surface area contributed by atoms with Crippen LogP contribution in [-0.2, 0) is 15.2 Å². The van der Waals surface area contributed by atoms with Gasteiger partial charge in [-0.15, -0.1) is 0 Å². The van der Waals surface area contributed by atoms with E-state index in [1.807, 2.05) is 20.8 Å². The number of aliphatic hydroxyl groups is 1. The maximum atomic E-state index is 12.4. The highest BCUT2D eigenvalue weighted by molar-refractivity contribution is 5.83. The molecular weight excluding hydrogens is 308 g/mol. The van der Waals surface area contributed by atoms with Crippen molar-refractivity contribution in [2.45, 2.75) is 46.1 Å². The summed E-state index contributed by atoms with van der Waals surface area (Å²) >= 11 is 0. The molecule has 0 spiro atoms. The van der Waals surface area contributed by atoms with E-state index in [0.717, 1.165) is 12.8 Å². The minimum Gasteiger partial charge on any atom is -0.466 e. The summed E-state index contributed by atoms with van der Waals surface area (Å²) in [5, 5.41) is 13.2. The molecule has 24 heavy (non-hydrogen) atoms. The van der Waals surface area contributed by atoms with Crippen LogP contribution >= 0.6 is 0 Å². The van der Waals surface area contributed by atoms with Gasteiger partial charge in [-0.25, -0.2) is 0 Å². The summed E-state index contributed by atoms with van der Waals surface area (Å²) in [5.74, 6) is 0.115. The summed E-state index contributed by atoms with van der Waals surface area (Å²) in [7, 11) is 0. The van der Waals surface area contributed by atoms with Gasteiger partial charge in [0.1, 0.15) is 11.4 Å². The lowest BCUT2D eigenvalue weighted by molar-refractivity contribution is -0.143. The minimum atomic E-state index is -1.26. The molecule has 134 valence electrons. The fourth-order valence-electron chi connectivity index (χ4n) is 2.93. The van der Waals surface area contributed by atoms with Crippen molar-refractivity contribution in [1.82, 2.24) is 10.2 Å². The maximum Gasteiger partial charge on any atom is 0.227 e. The van der Waals surface area contributed by atoms with Crippen molar-refractivity contribution in [2.75, 3.05) is 19.6 Å². The first-order valence-corrected chi connectivity index (χ1v) is 8.45. The first-order chi connectivity index (χ1) is 11.1. The molecule has 2 N–H and O–H groups in total. The quantitative estimate of drug-likeness (QED) is 0.879. The lowest BCUT2D eigenvalue weighted by Crippen LogP contribution is -2.50. The van der Waals surface area contributed by atoms with Crippen molar-refractivity contribution in [2.24, 2.45) is 11.3 Å². The van der Waals surface area contributed by atoms with Gasteiger partial charge < -0.3 is 19.7 Å². The van der Waals surface area contributed by atoms with Gasteiger partial charge in [-0.2, -0.15) is 0 Å². The average molecular weight is 336 g/mol. The van der Waals surface area contributed by atoms with Gasteiger partial charge in [-0.05, 0) is 31.9 Å². The molecule has 1 aliphatic heterocycles. The van der Waals surface area contributed by atoms with Gasteiger partial charge in [-0.1, -0.05) is 20.8 Å². The molecule has 2 amide bonds. The Bertz CT molecular complexity index is 572. The number of carbonyl (C=O) groups is 2. The molecule has 2 rings (SSSR count). The van der Waals surface area contributed by atoms with Crippen molar-refractivity contribution in [3.8, 4) is 0 Å². The summed E-state index contributed by atoms with van der Waals surface area (Å²) in [6.45, 7) is 8.47. The zero-order valence-corrected chi connectivity index (χ0v) is 15.0. The van der Waals surface area contributed by atoms with Crippen LogP contribution in [0.3, 0.4) is 0 Å². The van der Waals surface area contributed by atoms with Crippen molar-refractivity contribution in [3.63, 3.8) is 0 Å². The highest BCUT2D eigenvalue weighted by atomic mass is 16.4. The van der Waals surface area contributed by atoms with Crippen LogP contribution in [-0.4, -0.2) is 41.5 Å². The summed E-state index contributed by atoms with van der Waals surface area (Å²) in [5.41, 5.74) is -1.70. The fraction of sp³-hybridized carbons (Fsp3) is 0.667. The zero-order chi connectivity index (χ0) is 18.0. The number of hydrogen-bond acceptors (Lipinski definition) is 4. The third-order valence-electron chi connectivity index (χ3n) is 4.38. The van der Waals surface area contributed by atoms with Crippen LogP contribution in [0.25, 0.3) is 0 Å². The zero-order valence-electron chi connectivity index (χ0n) is 15.0. The molecule has 1 fully saturated rings. The summed E-state index contributed by atoms with van der Waals surface area (Å²) in [6, 6.07) is 3.37. The van der Waals surface area contributed by atoms with E-state index >= 15 is 0 Å². The monoisotopic (exact) mass is 336 g/mol. The lowest BCUT2D eigenvalue weighted by Gasteiger charge is -2.36. The Morgan fingerprint density at radius 1 is 1.38 bits per heavy atom. The third kappa shape index (κ3) is 4.38. The number of likely N-dealkylation sites (tertiary alicyclic amines) is 1. The first-order valence-electron chi connectivity index (χ1n) is 8.45. The number of furan rings is 1. The molecule has 1 saturated heterocycles. The third-order valence-corrected chi connectivity index (χ3v) is 4.38. The van der Waals surface area contributed by atoms with Gasteiger partial charge in [0, 0.05) is 18.5 Å². The van der Waals surface area contributed by atoms with Gasteiger partial charge in [0.25, 0.3) is 0 Å². The molecule has 0 saturated carbocycles. The minimum absolute atomic E-state index is 0.0718. The van der Waals surface area contributed by atoms with Crippen molar-refractivity contribution < 1.29 is 19.1 Å². The number of piperidine rings is 1. The fourth-order valence-corrected chi connectivity index (χ4v) is 2.93. The number of carbonyl (C=O) groups excluding carboxylic acids is 2. The first kappa shape index (κ1) is 18.5. The topological polar surface area (TPSA) is 82.8 Å². The normalized spacial score (nSPS) is 21.2. The molecule has 1 aromatic heterocycles. The van der Waals surface area contributed by atoms with Crippen LogP contribution in [0.5, 0.6) is 0 Å². The van der Waals surface area contributed by atoms with E-state index in [2.05, 4.69) is 5.32 Å². The highest BCUT2D eigenvalue weighted by Gasteiger charge is 2.34. The van der Waals surface area contributed by atoms with Crippen LogP contribution in [0.2, 0.25) is 0 Å². The van der Waals surface area contributed by atoms with Crippen LogP contribution in [0.1, 0.15) is 46.3 Å². The summed E-state index contributed by atoms with van der Waals surface area (Å²) < 4.78 is 5.21. The number of rotatable bonds is 4. The molecule has 1 aliphatic rings. The number of hydrogen-bond donors (Lipinski definition) is 2. The Balaban J connectivity index is 1.91. The highest BCUT2D eigenvalue weighted by Crippen LogP contribution is 2.24. The SMILES string of the molecule is CC(C)(C)C(=O)N1CCCC(C(=O)NCC(C)(O)c2ccco2)C1. The van der Waals surface area contributed by atoms with Crippen LogP contribution in [0.15, 0.2) is 22.8 Å². The van der Waals surface area contributed by atoms with E-state index in [1.165, 1.54) is 6.26 Å². The molecule has 1 aromatic rings. The number of nitrogens with one attached hydrogen (secondary N) is 1. The largest absolute Gasteiger partial charge is 0.466 e. The van der Waals surface area contributed by atoms with Gasteiger partial charge >= 0.3 is 0 Å². The summed E-state index contributed by atoms with van der Waals surface area (Å²) in [4.78, 5) is 26.6. The number of nitrogens with zero attached hydrogens (tertiary/aromatic N) is 1. The molecule has 6 heteroatoms. The molecule has 0 radical (unpaired) electrons. The molecule has 0 aliphatic carbocycles. The molecular formula is C18H28N2O4. The van der Waals surface area contributed by atoms with E-state index in [1.54, 1.807) is 24.0 Å². The van der Waals surface area contributed by atoms with Crippen molar-refractivity contribution in [1.29, 1.82) is 0 Å². The van der Waals surface area contributed by atoms with Crippen LogP contribution in [0, 0.1) is 11.3 Å². The van der Waals surface area contributed by atoms with E-state index in [9.17, 15) is 14.7 Å². The van der Waals surface area contributed by atoms with E-state index in [4.69, 9.17) is 4.42 Å². The van der Waals surface area contributed by atoms with Gasteiger partial charge in [0.15, 0.2) is 0 Å². The predicted octanol–water partition coefficient (Wildman–Crippen LogP) is 1.89. The Hall–Kier alpha value is -1.82. The molecule has 2 unspecified atom stereocenters. The smallest absolute Gasteiger partial charge is 0.227 e. The van der Waals surface area contributed by atoms with Crippen LogP contribution in [0.4, 0.5) is 0 Å². The van der Waals surface area contributed by atoms with Gasteiger partial charge in [-0.3, -0.25) is 9.59 Å². The Labute approximate surface area is 143 Å². The Kier molecular flexibility index (Phi) is 5.38. The van der Waals surface area contributed by atoms with Gasteiger partial charge in [0.2, 0.25) is 11.8 Å². The number of amides is 2. The maximum absolute atomic E-state index is 12.4. The molecule has 6 nitrogen and oxygen atoms in total. The van der Waals surface area contributed by atoms with Crippen molar-refractivity contribution >= 4 is 11.8 Å².